The zero-order valence-electron chi connectivity index (χ0n) is 40.3. The molecule has 0 spiro atoms. The lowest BCUT2D eigenvalue weighted by atomic mass is 9.79. The largest absolute Gasteiger partial charge is 0.508 e. The lowest BCUT2D eigenvalue weighted by molar-refractivity contribution is -0.206. The van der Waals surface area contributed by atoms with Gasteiger partial charge in [0.25, 0.3) is 0 Å². The van der Waals surface area contributed by atoms with E-state index in [1.54, 1.807) is 103 Å². The second-order valence-corrected chi connectivity index (χ2v) is 18.2. The average molecular weight is 1000 g/mol. The number of carbonyl (C=O) groups is 1. The van der Waals surface area contributed by atoms with Gasteiger partial charge in [-0.05, 0) is 101 Å². The molecule has 7 atom stereocenters. The Kier molecular flexibility index (Phi) is 13.1. The van der Waals surface area contributed by atoms with Crippen LogP contribution in [0.5, 0.6) is 63.2 Å². The maximum atomic E-state index is 13.5. The molecule has 0 fully saturated rings. The molecule has 0 aromatic heterocycles. The van der Waals surface area contributed by atoms with Crippen molar-refractivity contribution in [2.45, 2.75) is 54.7 Å². The Balaban J connectivity index is 0.000000181. The van der Waals surface area contributed by atoms with Crippen molar-refractivity contribution < 1.29 is 77.0 Å². The van der Waals surface area contributed by atoms with Crippen LogP contribution in [0.1, 0.15) is 103 Å². The molecule has 3 aliphatic carbocycles. The zero-order valence-corrected chi connectivity index (χ0v) is 40.3. The summed E-state index contributed by atoms with van der Waals surface area (Å²) < 4.78 is 73.5. The SMILES string of the molecule is COc1cc(C)cc([C@@H]2[C@@H](c3ccc(OC)cc3OC)c3c(OC)cc(OC)cc3[C@H]2OC(=O)C(F)(F)F)c1.Oc1ccc([C@@H]2c3c(O)cc(O)cc3[C@H]3[C@H](c4ccc(O)cc4)c4c(O)cc(O)cc4[C@@H]23)cc1. The van der Waals surface area contributed by atoms with Crippen LogP contribution in [0.2, 0.25) is 0 Å². The molecule has 3 aliphatic rings. The third kappa shape index (κ3) is 8.91. The minimum atomic E-state index is -5.20. The number of hydrogen-bond donors (Lipinski definition) is 6. The Labute approximate surface area is 417 Å². The van der Waals surface area contributed by atoms with Gasteiger partial charge in [0.2, 0.25) is 0 Å². The van der Waals surface area contributed by atoms with E-state index in [9.17, 15) is 48.6 Å². The average Bonchev–Trinajstić information content (AvgIpc) is 3.99. The first kappa shape index (κ1) is 49.6. The molecule has 13 nitrogen and oxygen atoms in total. The monoisotopic (exact) mass is 1000 g/mol. The summed E-state index contributed by atoms with van der Waals surface area (Å²) in [5.41, 5.74) is 7.51. The van der Waals surface area contributed by atoms with Crippen molar-refractivity contribution in [3.05, 3.63) is 183 Å². The summed E-state index contributed by atoms with van der Waals surface area (Å²) in [5.74, 6) is -2.75. The Morgan fingerprint density at radius 1 is 0.438 bits per heavy atom. The van der Waals surface area contributed by atoms with Gasteiger partial charge in [0.15, 0.2) is 0 Å². The van der Waals surface area contributed by atoms with Crippen LogP contribution in [0.3, 0.4) is 0 Å². The van der Waals surface area contributed by atoms with Crippen LogP contribution in [-0.2, 0) is 9.53 Å². The van der Waals surface area contributed by atoms with E-state index >= 15 is 0 Å². The Morgan fingerprint density at radius 3 is 1.41 bits per heavy atom. The molecule has 7 aromatic carbocycles. The van der Waals surface area contributed by atoms with E-state index in [1.165, 1.54) is 47.7 Å². The number of phenolic OH excluding ortho intramolecular Hbond substituents is 6. The molecule has 0 unspecified atom stereocenters. The lowest BCUT2D eigenvalue weighted by Gasteiger charge is -2.28. The van der Waals surface area contributed by atoms with Crippen molar-refractivity contribution in [3.8, 4) is 63.2 Å². The van der Waals surface area contributed by atoms with Crippen molar-refractivity contribution >= 4 is 5.97 Å². The molecule has 16 heteroatoms. The van der Waals surface area contributed by atoms with E-state index in [2.05, 4.69) is 0 Å². The third-order valence-electron chi connectivity index (χ3n) is 14.1. The van der Waals surface area contributed by atoms with E-state index in [4.69, 9.17) is 28.4 Å². The fraction of sp³-hybridized carbons (Fsp3) is 0.246. The van der Waals surface area contributed by atoms with Crippen LogP contribution in [0, 0.1) is 6.92 Å². The summed E-state index contributed by atoms with van der Waals surface area (Å²) in [6.45, 7) is 1.84. The molecule has 0 amide bonds. The van der Waals surface area contributed by atoms with E-state index in [-0.39, 0.29) is 58.2 Å². The molecule has 73 heavy (non-hydrogen) atoms. The van der Waals surface area contributed by atoms with Gasteiger partial charge < -0.3 is 59.1 Å². The van der Waals surface area contributed by atoms with E-state index in [0.717, 1.165) is 27.8 Å². The first-order valence-corrected chi connectivity index (χ1v) is 23.0. The number of hydrogen-bond acceptors (Lipinski definition) is 13. The van der Waals surface area contributed by atoms with Gasteiger partial charge in [-0.15, -0.1) is 0 Å². The van der Waals surface area contributed by atoms with Crippen LogP contribution >= 0.6 is 0 Å². The second-order valence-electron chi connectivity index (χ2n) is 18.2. The van der Waals surface area contributed by atoms with Crippen molar-refractivity contribution in [1.82, 2.24) is 0 Å². The predicted octanol–water partition coefficient (Wildman–Crippen LogP) is 11.2. The maximum Gasteiger partial charge on any atom is 0.490 e. The summed E-state index contributed by atoms with van der Waals surface area (Å²) in [6.07, 6.45) is -6.55. The summed E-state index contributed by atoms with van der Waals surface area (Å²) in [7, 11) is 7.40. The molecule has 10 rings (SSSR count). The Morgan fingerprint density at radius 2 is 0.932 bits per heavy atom. The third-order valence-corrected chi connectivity index (χ3v) is 14.1. The highest BCUT2D eigenvalue weighted by Crippen LogP contribution is 2.69. The van der Waals surface area contributed by atoms with Crippen molar-refractivity contribution in [2.24, 2.45) is 0 Å². The van der Waals surface area contributed by atoms with Crippen molar-refractivity contribution in [2.75, 3.05) is 35.5 Å². The molecule has 0 heterocycles. The predicted molar refractivity (Wildman–Crippen MR) is 261 cm³/mol. The number of phenols is 6. The number of esters is 1. The number of alkyl halides is 3. The number of carbonyl (C=O) groups excluding carboxylic acids is 1. The fourth-order valence-electron chi connectivity index (χ4n) is 11.4. The number of halogens is 3. The van der Waals surface area contributed by atoms with E-state index in [0.29, 0.717) is 62.1 Å². The number of methoxy groups -OCH3 is 5. The molecular formula is C57H51F3O13. The van der Waals surface area contributed by atoms with Gasteiger partial charge in [-0.1, -0.05) is 36.4 Å². The van der Waals surface area contributed by atoms with Gasteiger partial charge in [0.1, 0.15) is 69.3 Å². The van der Waals surface area contributed by atoms with E-state index < -0.39 is 30.1 Å². The normalized spacial score (nSPS) is 20.1. The first-order chi connectivity index (χ1) is 34.9. The van der Waals surface area contributed by atoms with Crippen molar-refractivity contribution in [3.63, 3.8) is 0 Å². The minimum absolute atomic E-state index is 0.0298. The zero-order chi connectivity index (χ0) is 52.2. The van der Waals surface area contributed by atoms with Crippen LogP contribution in [0.15, 0.2) is 121 Å². The van der Waals surface area contributed by atoms with Crippen LogP contribution in [0.4, 0.5) is 13.2 Å². The first-order valence-electron chi connectivity index (χ1n) is 23.0. The topological polar surface area (TPSA) is 194 Å². The van der Waals surface area contributed by atoms with E-state index in [1.807, 2.05) is 13.0 Å². The Bertz CT molecular complexity index is 3120. The lowest BCUT2D eigenvalue weighted by Crippen LogP contribution is -2.28. The molecule has 0 radical (unpaired) electrons. The van der Waals surface area contributed by atoms with Gasteiger partial charge in [-0.2, -0.15) is 13.2 Å². The molecule has 0 saturated heterocycles. The smallest absolute Gasteiger partial charge is 0.490 e. The van der Waals surface area contributed by atoms with Gasteiger partial charge in [-0.25, -0.2) is 4.79 Å². The maximum absolute atomic E-state index is 13.5. The fourth-order valence-corrected chi connectivity index (χ4v) is 11.4. The molecular weight excluding hydrogens is 950 g/mol. The number of aryl methyl sites for hydroxylation is 1. The van der Waals surface area contributed by atoms with Crippen LogP contribution in [0.25, 0.3) is 0 Å². The van der Waals surface area contributed by atoms with Crippen LogP contribution in [-0.4, -0.2) is 78.3 Å². The molecule has 0 bridgehead atoms. The standard InChI is InChI=1S/C29H29F3O7.C28H22O6/c1-15-9-16(11-18(10-15)35-3)24-26(20-8-7-17(34-2)13-22(20)37-5)25-21(12-19(36-4)14-23(25)38-6)27(24)39-28(33)29(30,31)32;29-15-5-1-13(2-6-15)23-25-19(9-17(31)11-21(25)33)28-24(14-3-7-16(30)8-4-14)26-20(27(23)28)10-18(32)12-22(26)34/h7-14,24,26-27H,1-6H3;1-12,23-24,27-34H/t24-,26-,27-;23-,24-,27+,28+/m11/s1. The van der Waals surface area contributed by atoms with Crippen LogP contribution < -0.4 is 23.7 Å². The molecule has 378 valence electrons. The molecule has 7 aromatic rings. The number of aromatic hydroxyl groups is 6. The summed E-state index contributed by atoms with van der Waals surface area (Å²) >= 11 is 0. The van der Waals surface area contributed by atoms with Gasteiger partial charge in [0, 0.05) is 87.6 Å². The number of ether oxygens (including phenoxy) is 6. The van der Waals surface area contributed by atoms with Gasteiger partial charge in [0.05, 0.1) is 35.5 Å². The second kappa shape index (κ2) is 19.3. The summed E-state index contributed by atoms with van der Waals surface area (Å²) in [4.78, 5) is 12.3. The molecule has 0 aliphatic heterocycles. The summed E-state index contributed by atoms with van der Waals surface area (Å²) in [5, 5.41) is 62.4. The number of benzene rings is 7. The number of fused-ring (bicyclic) bond motifs is 6. The molecule has 0 saturated carbocycles. The Hall–Kier alpha value is -8.40. The minimum Gasteiger partial charge on any atom is -0.508 e. The number of rotatable bonds is 10. The highest BCUT2D eigenvalue weighted by molar-refractivity contribution is 5.77. The quantitative estimate of drug-likeness (QED) is 0.0710. The summed E-state index contributed by atoms with van der Waals surface area (Å²) in [6, 6.07) is 33.3. The molecule has 6 N–H and O–H groups in total. The van der Waals surface area contributed by atoms with Crippen molar-refractivity contribution in [1.29, 1.82) is 0 Å². The van der Waals surface area contributed by atoms with Gasteiger partial charge in [-0.3, -0.25) is 0 Å². The van der Waals surface area contributed by atoms with Gasteiger partial charge >= 0.3 is 12.1 Å². The highest BCUT2D eigenvalue weighted by atomic mass is 19.4. The highest BCUT2D eigenvalue weighted by Gasteiger charge is 2.55.